The van der Waals surface area contributed by atoms with Gasteiger partial charge in [-0.05, 0) is 49.3 Å². The van der Waals surface area contributed by atoms with E-state index in [2.05, 4.69) is 52.7 Å². The van der Waals surface area contributed by atoms with Crippen molar-refractivity contribution in [3.05, 3.63) is 95.4 Å². The third-order valence-corrected chi connectivity index (χ3v) is 5.96. The lowest BCUT2D eigenvalue weighted by molar-refractivity contribution is 0.0882. The van der Waals surface area contributed by atoms with Crippen LogP contribution in [0.5, 0.6) is 0 Å². The summed E-state index contributed by atoms with van der Waals surface area (Å²) in [6, 6.07) is 23.1. The fourth-order valence-corrected chi connectivity index (χ4v) is 4.14. The number of furan rings is 1. The summed E-state index contributed by atoms with van der Waals surface area (Å²) in [4.78, 5) is 15.3. The number of nitrogens with zero attached hydrogens (tertiary/aromatic N) is 1. The van der Waals surface area contributed by atoms with Crippen LogP contribution in [-0.2, 0) is 19.3 Å². The van der Waals surface area contributed by atoms with Gasteiger partial charge in [-0.1, -0.05) is 60.7 Å². The summed E-state index contributed by atoms with van der Waals surface area (Å²) in [5, 5.41) is 3.19. The van der Waals surface area contributed by atoms with Gasteiger partial charge in [0, 0.05) is 31.2 Å². The molecule has 0 aliphatic carbocycles. The molecule has 3 aromatic rings. The molecule has 0 atom stereocenters. The molecule has 2 heterocycles. The number of nitrogens with one attached hydrogen (secondary N) is 1. The Morgan fingerprint density at radius 3 is 2.17 bits per heavy atom. The lowest BCUT2D eigenvalue weighted by atomic mass is 10.0. The van der Waals surface area contributed by atoms with E-state index < -0.39 is 0 Å². The van der Waals surface area contributed by atoms with Crippen LogP contribution in [0.15, 0.2) is 77.4 Å². The van der Waals surface area contributed by atoms with Gasteiger partial charge in [0.15, 0.2) is 5.76 Å². The monoisotopic (exact) mass is 402 g/mol. The molecular weight excluding hydrogens is 372 g/mol. The van der Waals surface area contributed by atoms with Crippen LogP contribution in [0.3, 0.4) is 0 Å². The number of carbonyl (C=O) groups excluding carboxylic acids is 1. The predicted molar refractivity (Wildman–Crippen MR) is 120 cm³/mol. The van der Waals surface area contributed by atoms with Crippen molar-refractivity contribution in [2.75, 3.05) is 19.6 Å². The van der Waals surface area contributed by atoms with Crippen LogP contribution in [0.1, 0.15) is 40.1 Å². The Balaban J connectivity index is 1.23. The molecule has 156 valence electrons. The minimum Gasteiger partial charge on any atom is -0.459 e. The van der Waals surface area contributed by atoms with Crippen LogP contribution in [0.2, 0.25) is 0 Å². The zero-order valence-corrected chi connectivity index (χ0v) is 17.4. The van der Waals surface area contributed by atoms with Crippen molar-refractivity contribution in [1.29, 1.82) is 0 Å². The van der Waals surface area contributed by atoms with E-state index in [0.717, 1.165) is 57.3 Å². The van der Waals surface area contributed by atoms with Gasteiger partial charge in [0.05, 0.1) is 6.26 Å². The fraction of sp³-hybridized carbons (Fsp3) is 0.346. The van der Waals surface area contributed by atoms with Crippen LogP contribution < -0.4 is 5.32 Å². The second-order valence-corrected chi connectivity index (χ2v) is 8.09. The molecule has 4 nitrogen and oxygen atoms in total. The van der Waals surface area contributed by atoms with Crippen LogP contribution >= 0.6 is 0 Å². The first-order valence-electron chi connectivity index (χ1n) is 11.0. The quantitative estimate of drug-likeness (QED) is 0.603. The standard InChI is InChI=1S/C26H30N2O2/c29-26(25-23(16-20-30-25)12-11-21-7-3-1-4-8-21)27-24-14-18-28(19-15-24)17-13-22-9-5-2-6-10-22/h1-10,16,20,24H,11-15,17-19H2,(H,27,29). The normalized spacial score (nSPS) is 15.2. The van der Waals surface area contributed by atoms with Crippen molar-refractivity contribution in [1.82, 2.24) is 10.2 Å². The van der Waals surface area contributed by atoms with Gasteiger partial charge in [0.1, 0.15) is 0 Å². The number of amides is 1. The molecule has 0 saturated carbocycles. The molecule has 30 heavy (non-hydrogen) atoms. The van der Waals surface area contributed by atoms with Crippen LogP contribution in [-0.4, -0.2) is 36.5 Å². The Kier molecular flexibility index (Phi) is 6.99. The summed E-state index contributed by atoms with van der Waals surface area (Å²) in [6.45, 7) is 3.13. The van der Waals surface area contributed by atoms with E-state index in [0.29, 0.717) is 5.76 Å². The molecule has 1 amide bonds. The molecule has 1 aromatic heterocycles. The van der Waals surface area contributed by atoms with E-state index in [4.69, 9.17) is 4.42 Å². The average Bonchev–Trinajstić information content (AvgIpc) is 3.27. The van der Waals surface area contributed by atoms with Crippen molar-refractivity contribution in [2.45, 2.75) is 38.1 Å². The highest BCUT2D eigenvalue weighted by Gasteiger charge is 2.23. The van der Waals surface area contributed by atoms with E-state index >= 15 is 0 Å². The van der Waals surface area contributed by atoms with E-state index in [9.17, 15) is 4.79 Å². The smallest absolute Gasteiger partial charge is 0.287 e. The SMILES string of the molecule is O=C(NC1CCN(CCc2ccccc2)CC1)c1occc1CCc1ccccc1. The minimum absolute atomic E-state index is 0.0780. The van der Waals surface area contributed by atoms with Crippen LogP contribution in [0, 0.1) is 0 Å². The third-order valence-electron chi connectivity index (χ3n) is 5.96. The zero-order chi connectivity index (χ0) is 20.6. The van der Waals surface area contributed by atoms with Gasteiger partial charge in [0.25, 0.3) is 5.91 Å². The number of aryl methyl sites for hydroxylation is 2. The molecule has 1 saturated heterocycles. The van der Waals surface area contributed by atoms with Crippen molar-refractivity contribution in [3.63, 3.8) is 0 Å². The molecule has 4 heteroatoms. The average molecular weight is 403 g/mol. The van der Waals surface area contributed by atoms with Gasteiger partial charge in [-0.15, -0.1) is 0 Å². The summed E-state index contributed by atoms with van der Waals surface area (Å²) in [7, 11) is 0. The number of piperidine rings is 1. The fourth-order valence-electron chi connectivity index (χ4n) is 4.14. The highest BCUT2D eigenvalue weighted by Crippen LogP contribution is 2.17. The summed E-state index contributed by atoms with van der Waals surface area (Å²) < 4.78 is 5.54. The van der Waals surface area contributed by atoms with Crippen LogP contribution in [0.4, 0.5) is 0 Å². The summed E-state index contributed by atoms with van der Waals surface area (Å²) in [5.74, 6) is 0.392. The second-order valence-electron chi connectivity index (χ2n) is 8.09. The molecule has 0 spiro atoms. The van der Waals surface area contributed by atoms with Gasteiger partial charge in [-0.2, -0.15) is 0 Å². The van der Waals surface area contributed by atoms with Gasteiger partial charge in [0.2, 0.25) is 0 Å². The molecule has 0 unspecified atom stereocenters. The Morgan fingerprint density at radius 1 is 0.867 bits per heavy atom. The maximum atomic E-state index is 12.8. The summed E-state index contributed by atoms with van der Waals surface area (Å²) >= 11 is 0. The predicted octanol–water partition coefficient (Wildman–Crippen LogP) is 4.50. The first kappa shape index (κ1) is 20.4. The molecule has 2 aromatic carbocycles. The molecule has 0 bridgehead atoms. The van der Waals surface area contributed by atoms with E-state index in [1.54, 1.807) is 6.26 Å². The first-order valence-corrected chi connectivity index (χ1v) is 11.0. The molecule has 1 N–H and O–H groups in total. The van der Waals surface area contributed by atoms with E-state index in [-0.39, 0.29) is 11.9 Å². The summed E-state index contributed by atoms with van der Waals surface area (Å²) in [6.07, 6.45) is 6.39. The van der Waals surface area contributed by atoms with Gasteiger partial charge in [-0.3, -0.25) is 4.79 Å². The Bertz CT molecular complexity index is 912. The Hall–Kier alpha value is -2.85. The summed E-state index contributed by atoms with van der Waals surface area (Å²) in [5.41, 5.74) is 3.64. The maximum absolute atomic E-state index is 12.8. The minimum atomic E-state index is -0.0780. The third kappa shape index (κ3) is 5.61. The van der Waals surface area contributed by atoms with Gasteiger partial charge < -0.3 is 14.6 Å². The highest BCUT2D eigenvalue weighted by atomic mass is 16.3. The number of carbonyl (C=O) groups is 1. The molecule has 1 aliphatic rings. The first-order chi connectivity index (χ1) is 14.8. The van der Waals surface area contributed by atoms with Gasteiger partial charge >= 0.3 is 0 Å². The molecule has 0 radical (unpaired) electrons. The highest BCUT2D eigenvalue weighted by molar-refractivity contribution is 5.93. The van der Waals surface area contributed by atoms with Crippen LogP contribution in [0.25, 0.3) is 0 Å². The van der Waals surface area contributed by atoms with Crippen molar-refractivity contribution < 1.29 is 9.21 Å². The van der Waals surface area contributed by atoms with E-state index in [1.165, 1.54) is 11.1 Å². The van der Waals surface area contributed by atoms with Crippen molar-refractivity contribution >= 4 is 5.91 Å². The number of likely N-dealkylation sites (tertiary alicyclic amines) is 1. The zero-order valence-electron chi connectivity index (χ0n) is 17.4. The Morgan fingerprint density at radius 2 is 1.50 bits per heavy atom. The second kappa shape index (κ2) is 10.3. The van der Waals surface area contributed by atoms with Crippen molar-refractivity contribution in [2.24, 2.45) is 0 Å². The molecule has 1 fully saturated rings. The number of benzene rings is 2. The van der Waals surface area contributed by atoms with Crippen molar-refractivity contribution in [3.8, 4) is 0 Å². The molecular formula is C26H30N2O2. The molecule has 4 rings (SSSR count). The number of hydrogen-bond acceptors (Lipinski definition) is 3. The Labute approximate surface area is 178 Å². The van der Waals surface area contributed by atoms with E-state index in [1.807, 2.05) is 24.3 Å². The molecule has 1 aliphatic heterocycles. The number of hydrogen-bond donors (Lipinski definition) is 1. The number of rotatable bonds is 8. The van der Waals surface area contributed by atoms with Gasteiger partial charge in [-0.25, -0.2) is 0 Å². The lowest BCUT2D eigenvalue weighted by Crippen LogP contribution is -2.45. The topological polar surface area (TPSA) is 45.5 Å². The lowest BCUT2D eigenvalue weighted by Gasteiger charge is -2.32. The maximum Gasteiger partial charge on any atom is 0.287 e. The largest absolute Gasteiger partial charge is 0.459 e.